The van der Waals surface area contributed by atoms with Crippen molar-refractivity contribution in [3.05, 3.63) is 36.2 Å². The van der Waals surface area contributed by atoms with Crippen LogP contribution < -0.4 is 0 Å². The van der Waals surface area contributed by atoms with Crippen LogP contribution in [0.15, 0.2) is 30.5 Å². The molecule has 1 saturated carbocycles. The van der Waals surface area contributed by atoms with Crippen molar-refractivity contribution in [3.8, 4) is 0 Å². The Balaban J connectivity index is 0.000000330. The average Bonchev–Trinajstić information content (AvgIpc) is 3.27. The molecule has 0 aliphatic heterocycles. The van der Waals surface area contributed by atoms with Gasteiger partial charge in [0.05, 0.1) is 11.0 Å². The molecule has 2 heteroatoms. The maximum Gasteiger partial charge on any atom is 0.0890 e. The minimum atomic E-state index is 0.726. The van der Waals surface area contributed by atoms with Crippen LogP contribution in [0.4, 0.5) is 0 Å². The molecule has 2 aromatic heterocycles. The second-order valence-electron chi connectivity index (χ2n) is 3.55. The Morgan fingerprint density at radius 2 is 1.65 bits per heavy atom. The Hall–Kier alpha value is -1.44. The third kappa shape index (κ3) is 3.52. The quantitative estimate of drug-likeness (QED) is 0.717. The predicted octanol–water partition coefficient (Wildman–Crippen LogP) is 4.56. The van der Waals surface area contributed by atoms with Crippen LogP contribution in [0.3, 0.4) is 0 Å². The van der Waals surface area contributed by atoms with Gasteiger partial charge in [-0.3, -0.25) is 9.97 Å². The molecular formula is C15H22N2. The van der Waals surface area contributed by atoms with Gasteiger partial charge in [-0.1, -0.05) is 27.7 Å². The van der Waals surface area contributed by atoms with Gasteiger partial charge in [0.2, 0.25) is 0 Å². The molecule has 3 rings (SSSR count). The van der Waals surface area contributed by atoms with Gasteiger partial charge in [0.15, 0.2) is 0 Å². The van der Waals surface area contributed by atoms with E-state index >= 15 is 0 Å². The minimum Gasteiger partial charge on any atom is -0.255 e. The van der Waals surface area contributed by atoms with Crippen LogP contribution >= 0.6 is 0 Å². The summed E-state index contributed by atoms with van der Waals surface area (Å²) >= 11 is 0. The third-order valence-electron chi connectivity index (χ3n) is 2.47. The molecule has 1 aliphatic carbocycles. The first kappa shape index (κ1) is 13.6. The first-order chi connectivity index (χ1) is 8.43. The molecule has 0 radical (unpaired) electrons. The molecule has 0 saturated heterocycles. The van der Waals surface area contributed by atoms with Crippen LogP contribution in [0.5, 0.6) is 0 Å². The molecule has 0 spiro atoms. The summed E-state index contributed by atoms with van der Waals surface area (Å²) in [4.78, 5) is 8.81. The number of fused-ring (bicyclic) bond motifs is 1. The molecule has 17 heavy (non-hydrogen) atoms. The zero-order chi connectivity index (χ0) is 12.7. The van der Waals surface area contributed by atoms with Crippen molar-refractivity contribution in [1.29, 1.82) is 0 Å². The van der Waals surface area contributed by atoms with Crippen LogP contribution in [-0.2, 0) is 0 Å². The van der Waals surface area contributed by atoms with E-state index in [0.29, 0.717) is 0 Å². The number of aromatic nitrogens is 2. The lowest BCUT2D eigenvalue weighted by atomic mass is 10.2. The summed E-state index contributed by atoms with van der Waals surface area (Å²) in [5, 5.41) is 0. The molecule has 0 atom stereocenters. The van der Waals surface area contributed by atoms with Gasteiger partial charge in [-0.2, -0.15) is 0 Å². The summed E-state index contributed by atoms with van der Waals surface area (Å²) in [6, 6.07) is 8.13. The standard InChI is InChI=1S/C11H10N2.2C2H6/c1-2-11-10(12-7-1)6-5-9(13-11)8-3-4-8;2*1-2/h1-2,5-8H,3-4H2;2*1-2H3. The van der Waals surface area contributed by atoms with E-state index in [4.69, 9.17) is 0 Å². The van der Waals surface area contributed by atoms with E-state index < -0.39 is 0 Å². The highest BCUT2D eigenvalue weighted by Crippen LogP contribution is 2.39. The lowest BCUT2D eigenvalue weighted by Crippen LogP contribution is -1.88. The Labute approximate surface area is 104 Å². The van der Waals surface area contributed by atoms with E-state index in [-0.39, 0.29) is 0 Å². The van der Waals surface area contributed by atoms with Crippen LogP contribution in [0.1, 0.15) is 52.1 Å². The van der Waals surface area contributed by atoms with Crippen molar-refractivity contribution in [2.24, 2.45) is 0 Å². The van der Waals surface area contributed by atoms with Gasteiger partial charge in [0, 0.05) is 17.8 Å². The summed E-state index contributed by atoms with van der Waals surface area (Å²) in [5.41, 5.74) is 3.25. The van der Waals surface area contributed by atoms with Crippen LogP contribution in [0.2, 0.25) is 0 Å². The SMILES string of the molecule is CC.CC.c1cnc2ccc(C3CC3)nc2c1. The van der Waals surface area contributed by atoms with Gasteiger partial charge in [-0.25, -0.2) is 0 Å². The van der Waals surface area contributed by atoms with Crippen molar-refractivity contribution in [2.45, 2.75) is 46.5 Å². The zero-order valence-electron chi connectivity index (χ0n) is 11.3. The maximum absolute atomic E-state index is 4.57. The average molecular weight is 230 g/mol. The number of hydrogen-bond acceptors (Lipinski definition) is 2. The smallest absolute Gasteiger partial charge is 0.0890 e. The zero-order valence-corrected chi connectivity index (χ0v) is 11.3. The highest BCUT2D eigenvalue weighted by Gasteiger charge is 2.24. The topological polar surface area (TPSA) is 25.8 Å². The highest BCUT2D eigenvalue weighted by molar-refractivity contribution is 5.73. The van der Waals surface area contributed by atoms with Crippen molar-refractivity contribution in [2.75, 3.05) is 0 Å². The number of nitrogens with zero attached hydrogens (tertiary/aromatic N) is 2. The fourth-order valence-electron chi connectivity index (χ4n) is 1.58. The Morgan fingerprint density at radius 1 is 0.941 bits per heavy atom. The summed E-state index contributed by atoms with van der Waals surface area (Å²) in [6.45, 7) is 8.00. The summed E-state index contributed by atoms with van der Waals surface area (Å²) in [7, 11) is 0. The molecule has 0 N–H and O–H groups in total. The number of rotatable bonds is 1. The Kier molecular flexibility index (Phi) is 5.61. The van der Waals surface area contributed by atoms with Gasteiger partial charge >= 0.3 is 0 Å². The first-order valence-electron chi connectivity index (χ1n) is 6.65. The molecule has 0 unspecified atom stereocenters. The molecule has 2 heterocycles. The van der Waals surface area contributed by atoms with E-state index in [1.165, 1.54) is 18.5 Å². The van der Waals surface area contributed by atoms with Gasteiger partial charge in [0.25, 0.3) is 0 Å². The number of hydrogen-bond donors (Lipinski definition) is 0. The normalized spacial score (nSPS) is 13.2. The van der Waals surface area contributed by atoms with Crippen molar-refractivity contribution < 1.29 is 0 Å². The molecule has 1 aliphatic rings. The predicted molar refractivity (Wildman–Crippen MR) is 74.2 cm³/mol. The molecule has 92 valence electrons. The lowest BCUT2D eigenvalue weighted by molar-refractivity contribution is 1.04. The Morgan fingerprint density at radius 3 is 2.29 bits per heavy atom. The van der Waals surface area contributed by atoms with Crippen LogP contribution in [0, 0.1) is 0 Å². The Bertz CT molecular complexity index is 447. The van der Waals surface area contributed by atoms with Crippen molar-refractivity contribution in [1.82, 2.24) is 9.97 Å². The highest BCUT2D eigenvalue weighted by atomic mass is 14.8. The van der Waals surface area contributed by atoms with E-state index in [0.717, 1.165) is 17.0 Å². The molecule has 1 fully saturated rings. The van der Waals surface area contributed by atoms with Gasteiger partial charge in [0.1, 0.15) is 0 Å². The molecule has 0 bridgehead atoms. The number of pyridine rings is 2. The molecule has 0 amide bonds. The molecule has 0 aromatic carbocycles. The van der Waals surface area contributed by atoms with Gasteiger partial charge in [-0.05, 0) is 37.1 Å². The fraction of sp³-hybridized carbons (Fsp3) is 0.467. The lowest BCUT2D eigenvalue weighted by Gasteiger charge is -1.99. The summed E-state index contributed by atoms with van der Waals surface area (Å²) in [6.07, 6.45) is 4.42. The summed E-state index contributed by atoms with van der Waals surface area (Å²) < 4.78 is 0. The monoisotopic (exact) mass is 230 g/mol. The van der Waals surface area contributed by atoms with Crippen molar-refractivity contribution >= 4 is 11.0 Å². The van der Waals surface area contributed by atoms with Crippen LogP contribution in [0.25, 0.3) is 11.0 Å². The minimum absolute atomic E-state index is 0.726. The van der Waals surface area contributed by atoms with E-state index in [2.05, 4.69) is 22.1 Å². The maximum atomic E-state index is 4.57. The molecular weight excluding hydrogens is 208 g/mol. The largest absolute Gasteiger partial charge is 0.255 e. The first-order valence-corrected chi connectivity index (χ1v) is 6.65. The van der Waals surface area contributed by atoms with E-state index in [1.54, 1.807) is 6.20 Å². The second-order valence-corrected chi connectivity index (χ2v) is 3.55. The fourth-order valence-corrected chi connectivity index (χ4v) is 1.58. The van der Waals surface area contributed by atoms with Gasteiger partial charge in [-0.15, -0.1) is 0 Å². The second kappa shape index (κ2) is 7.00. The van der Waals surface area contributed by atoms with Crippen molar-refractivity contribution in [3.63, 3.8) is 0 Å². The molecule has 2 aromatic rings. The van der Waals surface area contributed by atoms with Gasteiger partial charge < -0.3 is 0 Å². The van der Waals surface area contributed by atoms with E-state index in [1.807, 2.05) is 39.8 Å². The summed E-state index contributed by atoms with van der Waals surface area (Å²) in [5.74, 6) is 0.726. The molecule has 2 nitrogen and oxygen atoms in total. The van der Waals surface area contributed by atoms with Crippen LogP contribution in [-0.4, -0.2) is 9.97 Å². The third-order valence-corrected chi connectivity index (χ3v) is 2.47. The van der Waals surface area contributed by atoms with E-state index in [9.17, 15) is 0 Å².